The lowest BCUT2D eigenvalue weighted by Crippen LogP contribution is -3.14. The van der Waals surface area contributed by atoms with E-state index in [0.29, 0.717) is 18.1 Å². The molecular weight excluding hydrogens is 292 g/mol. The van der Waals surface area contributed by atoms with Crippen LogP contribution in [0.5, 0.6) is 5.75 Å². The maximum Gasteiger partial charge on any atom is 0.251 e. The maximum absolute atomic E-state index is 12.1. The first-order valence-corrected chi connectivity index (χ1v) is 8.57. The van der Waals surface area contributed by atoms with Crippen molar-refractivity contribution in [3.63, 3.8) is 0 Å². The number of carbonyl (C=O) groups is 1. The molecule has 0 aliphatic carbocycles. The number of rotatable bonds is 8. The monoisotopic (exact) mass is 321 g/mol. The van der Waals surface area contributed by atoms with Crippen molar-refractivity contribution in [3.05, 3.63) is 29.8 Å². The minimum absolute atomic E-state index is 0.0163. The van der Waals surface area contributed by atoms with Crippen molar-refractivity contribution in [1.82, 2.24) is 5.32 Å². The second-order valence-electron chi connectivity index (χ2n) is 6.45. The lowest BCUT2D eigenvalue weighted by Gasteiger charge is -2.23. The summed E-state index contributed by atoms with van der Waals surface area (Å²) >= 11 is 0. The molecule has 128 valence electrons. The number of benzene rings is 1. The summed E-state index contributed by atoms with van der Waals surface area (Å²) in [5, 5.41) is 2.98. The van der Waals surface area contributed by atoms with Gasteiger partial charge >= 0.3 is 0 Å². The zero-order chi connectivity index (χ0) is 16.5. The fourth-order valence-corrected chi connectivity index (χ4v) is 2.52. The summed E-state index contributed by atoms with van der Waals surface area (Å²) in [6, 6.07) is 7.35. The number of morpholine rings is 1. The van der Waals surface area contributed by atoms with Gasteiger partial charge in [0.15, 0.2) is 0 Å². The molecule has 5 nitrogen and oxygen atoms in total. The van der Waals surface area contributed by atoms with Gasteiger partial charge in [-0.15, -0.1) is 0 Å². The van der Waals surface area contributed by atoms with Gasteiger partial charge in [-0.1, -0.05) is 13.8 Å². The Labute approximate surface area is 139 Å². The van der Waals surface area contributed by atoms with Gasteiger partial charge in [0.1, 0.15) is 18.8 Å². The van der Waals surface area contributed by atoms with Gasteiger partial charge in [0.25, 0.3) is 5.91 Å². The molecule has 2 rings (SSSR count). The smallest absolute Gasteiger partial charge is 0.251 e. The largest absolute Gasteiger partial charge is 0.493 e. The van der Waals surface area contributed by atoms with Crippen LogP contribution in [0.15, 0.2) is 24.3 Å². The molecule has 2 N–H and O–H groups in total. The van der Waals surface area contributed by atoms with Gasteiger partial charge < -0.3 is 19.7 Å². The number of quaternary nitrogens is 1. The van der Waals surface area contributed by atoms with Gasteiger partial charge in [-0.25, -0.2) is 0 Å². The summed E-state index contributed by atoms with van der Waals surface area (Å²) in [6.45, 7) is 10.6. The zero-order valence-electron chi connectivity index (χ0n) is 14.3. The summed E-state index contributed by atoms with van der Waals surface area (Å²) < 4.78 is 11.0. The second kappa shape index (κ2) is 9.53. The van der Waals surface area contributed by atoms with E-state index >= 15 is 0 Å². The van der Waals surface area contributed by atoms with Crippen molar-refractivity contribution in [2.24, 2.45) is 5.92 Å². The lowest BCUT2D eigenvalue weighted by atomic mass is 10.2. The Kier molecular flexibility index (Phi) is 7.36. The van der Waals surface area contributed by atoms with E-state index in [1.807, 2.05) is 24.3 Å². The first-order chi connectivity index (χ1) is 11.1. The van der Waals surface area contributed by atoms with Crippen LogP contribution in [0, 0.1) is 5.92 Å². The average molecular weight is 321 g/mol. The van der Waals surface area contributed by atoms with Crippen LogP contribution >= 0.6 is 0 Å². The van der Waals surface area contributed by atoms with Crippen molar-refractivity contribution in [2.75, 3.05) is 46.0 Å². The van der Waals surface area contributed by atoms with E-state index in [-0.39, 0.29) is 5.91 Å². The zero-order valence-corrected chi connectivity index (χ0v) is 14.3. The molecule has 1 amide bonds. The predicted octanol–water partition coefficient (Wildman–Crippen LogP) is 0.756. The highest BCUT2D eigenvalue weighted by Crippen LogP contribution is 2.13. The van der Waals surface area contributed by atoms with Gasteiger partial charge in [0.2, 0.25) is 0 Å². The first-order valence-electron chi connectivity index (χ1n) is 8.57. The number of carbonyl (C=O) groups excluding carboxylic acids is 1. The normalized spacial score (nSPS) is 15.6. The van der Waals surface area contributed by atoms with Crippen LogP contribution in [0.25, 0.3) is 0 Å². The van der Waals surface area contributed by atoms with Gasteiger partial charge in [-0.05, 0) is 30.2 Å². The van der Waals surface area contributed by atoms with E-state index in [1.165, 1.54) is 0 Å². The summed E-state index contributed by atoms with van der Waals surface area (Å²) in [5.41, 5.74) is 0.681. The molecule has 0 bridgehead atoms. The molecule has 1 aliphatic heterocycles. The maximum atomic E-state index is 12.1. The molecule has 23 heavy (non-hydrogen) atoms. The van der Waals surface area contributed by atoms with Crippen molar-refractivity contribution in [3.8, 4) is 5.75 Å². The highest BCUT2D eigenvalue weighted by molar-refractivity contribution is 5.94. The molecule has 0 unspecified atom stereocenters. The molecule has 1 aromatic carbocycles. The van der Waals surface area contributed by atoms with Crippen molar-refractivity contribution >= 4 is 5.91 Å². The Bertz CT molecular complexity index is 468. The van der Waals surface area contributed by atoms with Crippen LogP contribution in [-0.2, 0) is 4.74 Å². The molecular formula is C18H29N2O3+. The van der Waals surface area contributed by atoms with Crippen molar-refractivity contribution < 1.29 is 19.2 Å². The second-order valence-corrected chi connectivity index (χ2v) is 6.45. The van der Waals surface area contributed by atoms with Crippen LogP contribution in [0.2, 0.25) is 0 Å². The van der Waals surface area contributed by atoms with Gasteiger partial charge in [-0.2, -0.15) is 0 Å². The Balaban J connectivity index is 1.66. The van der Waals surface area contributed by atoms with E-state index in [4.69, 9.17) is 9.47 Å². The highest BCUT2D eigenvalue weighted by Gasteiger charge is 2.13. The molecule has 0 radical (unpaired) electrons. The number of nitrogens with one attached hydrogen (secondary N) is 2. The van der Waals surface area contributed by atoms with Gasteiger partial charge in [-0.3, -0.25) is 4.79 Å². The fraction of sp³-hybridized carbons (Fsp3) is 0.611. The Morgan fingerprint density at radius 1 is 1.26 bits per heavy atom. The third kappa shape index (κ3) is 6.59. The Morgan fingerprint density at radius 3 is 2.61 bits per heavy atom. The number of hydrogen-bond acceptors (Lipinski definition) is 3. The molecule has 0 spiro atoms. The minimum Gasteiger partial charge on any atom is -0.493 e. The molecule has 1 heterocycles. The van der Waals surface area contributed by atoms with Crippen molar-refractivity contribution in [1.29, 1.82) is 0 Å². The SMILES string of the molecule is CC(C)COc1ccc(C(=O)NCCC[NH+]2CCOCC2)cc1. The summed E-state index contributed by atoms with van der Waals surface area (Å²) in [5.74, 6) is 1.29. The van der Waals surface area contributed by atoms with Crippen LogP contribution in [0.1, 0.15) is 30.6 Å². The molecule has 0 aromatic heterocycles. The average Bonchev–Trinajstić information content (AvgIpc) is 2.58. The molecule has 5 heteroatoms. The van der Waals surface area contributed by atoms with E-state index in [2.05, 4.69) is 19.2 Å². The molecule has 1 aromatic rings. The van der Waals surface area contributed by atoms with Crippen LogP contribution < -0.4 is 15.0 Å². The summed E-state index contributed by atoms with van der Waals surface area (Å²) in [6.07, 6.45) is 0.997. The molecule has 1 aliphatic rings. The highest BCUT2D eigenvalue weighted by atomic mass is 16.5. The van der Waals surface area contributed by atoms with Gasteiger partial charge in [0, 0.05) is 18.5 Å². The Hall–Kier alpha value is -1.59. The third-order valence-electron chi connectivity index (χ3n) is 3.89. The predicted molar refractivity (Wildman–Crippen MR) is 90.1 cm³/mol. The quantitative estimate of drug-likeness (QED) is 0.695. The lowest BCUT2D eigenvalue weighted by molar-refractivity contribution is -0.908. The van der Waals surface area contributed by atoms with Crippen LogP contribution in [0.4, 0.5) is 0 Å². The topological polar surface area (TPSA) is 52.0 Å². The number of amides is 1. The Morgan fingerprint density at radius 2 is 1.96 bits per heavy atom. The standard InChI is InChI=1S/C18H28N2O3/c1-15(2)14-23-17-6-4-16(5-7-17)18(21)19-8-3-9-20-10-12-22-13-11-20/h4-7,15H,3,8-14H2,1-2H3,(H,19,21)/p+1. The summed E-state index contributed by atoms with van der Waals surface area (Å²) in [7, 11) is 0. The third-order valence-corrected chi connectivity index (χ3v) is 3.89. The van der Waals surface area contributed by atoms with Crippen molar-refractivity contribution in [2.45, 2.75) is 20.3 Å². The molecule has 0 atom stereocenters. The molecule has 1 fully saturated rings. The summed E-state index contributed by atoms with van der Waals surface area (Å²) in [4.78, 5) is 13.7. The van der Waals surface area contributed by atoms with Crippen LogP contribution in [-0.4, -0.2) is 51.9 Å². The first kappa shape index (κ1) is 17.8. The van der Waals surface area contributed by atoms with Gasteiger partial charge in [0.05, 0.1) is 26.4 Å². The number of hydrogen-bond donors (Lipinski definition) is 2. The number of ether oxygens (including phenoxy) is 2. The molecule has 1 saturated heterocycles. The van der Waals surface area contributed by atoms with E-state index < -0.39 is 0 Å². The minimum atomic E-state index is -0.0163. The van der Waals surface area contributed by atoms with E-state index in [9.17, 15) is 4.79 Å². The fourth-order valence-electron chi connectivity index (χ4n) is 2.52. The van der Waals surface area contributed by atoms with E-state index in [1.54, 1.807) is 4.90 Å². The van der Waals surface area contributed by atoms with E-state index in [0.717, 1.165) is 51.6 Å². The van der Waals surface area contributed by atoms with Crippen LogP contribution in [0.3, 0.4) is 0 Å². The molecule has 0 saturated carbocycles.